The largest absolute Gasteiger partial charge is 0.444 e. The number of hydrogen-bond acceptors (Lipinski definition) is 4. The number of aryl methyl sites for hydroxylation is 1. The Kier molecular flexibility index (Phi) is 4.18. The van der Waals surface area contributed by atoms with Gasteiger partial charge in [-0.3, -0.25) is 4.98 Å². The van der Waals surface area contributed by atoms with Crippen LogP contribution in [0.5, 0.6) is 0 Å². The second-order valence-electron chi connectivity index (χ2n) is 9.03. The number of benzene rings is 1. The molecule has 1 amide bonds. The summed E-state index contributed by atoms with van der Waals surface area (Å²) in [5.74, 6) is 0. The molecule has 5 nitrogen and oxygen atoms in total. The van der Waals surface area contributed by atoms with Crippen molar-refractivity contribution in [2.24, 2.45) is 0 Å². The molecule has 3 heterocycles. The second-order valence-corrected chi connectivity index (χ2v) is 9.03. The number of aromatic nitrogens is 1. The fourth-order valence-corrected chi connectivity index (χ4v) is 4.85. The van der Waals surface area contributed by atoms with Crippen molar-refractivity contribution in [1.82, 2.24) is 9.88 Å². The minimum Gasteiger partial charge on any atom is -0.444 e. The van der Waals surface area contributed by atoms with Crippen LogP contribution < -0.4 is 0 Å². The summed E-state index contributed by atoms with van der Waals surface area (Å²) in [6, 6.07) is 8.06. The van der Waals surface area contributed by atoms with Gasteiger partial charge in [0, 0.05) is 36.5 Å². The zero-order valence-corrected chi connectivity index (χ0v) is 16.5. The molecule has 0 radical (unpaired) electrons. The van der Waals surface area contributed by atoms with E-state index in [9.17, 15) is 9.90 Å². The van der Waals surface area contributed by atoms with E-state index in [0.717, 1.165) is 34.9 Å². The quantitative estimate of drug-likeness (QED) is 0.815. The van der Waals surface area contributed by atoms with Crippen molar-refractivity contribution >= 4 is 17.0 Å². The molecule has 1 aromatic carbocycles. The molecular weight excluding hydrogens is 340 g/mol. The molecule has 0 saturated carbocycles. The average molecular weight is 368 g/mol. The Morgan fingerprint density at radius 3 is 2.52 bits per heavy atom. The van der Waals surface area contributed by atoms with Gasteiger partial charge in [0.25, 0.3) is 0 Å². The van der Waals surface area contributed by atoms with E-state index in [0.29, 0.717) is 12.8 Å². The van der Waals surface area contributed by atoms with Crippen LogP contribution in [0.4, 0.5) is 4.79 Å². The van der Waals surface area contributed by atoms with Crippen molar-refractivity contribution in [3.8, 4) is 0 Å². The van der Waals surface area contributed by atoms with E-state index in [1.54, 1.807) is 6.20 Å². The first-order valence-corrected chi connectivity index (χ1v) is 9.76. The molecule has 2 unspecified atom stereocenters. The van der Waals surface area contributed by atoms with E-state index in [1.807, 2.05) is 56.9 Å². The Morgan fingerprint density at radius 1 is 1.22 bits per heavy atom. The highest BCUT2D eigenvalue weighted by molar-refractivity contribution is 5.83. The molecule has 5 heteroatoms. The molecule has 2 bridgehead atoms. The number of fused-ring (bicyclic) bond motifs is 3. The third kappa shape index (κ3) is 3.18. The molecule has 0 spiro atoms. The van der Waals surface area contributed by atoms with Gasteiger partial charge in [-0.1, -0.05) is 18.2 Å². The maximum absolute atomic E-state index is 12.7. The highest BCUT2D eigenvalue weighted by atomic mass is 16.6. The number of rotatable bonds is 1. The lowest BCUT2D eigenvalue weighted by atomic mass is 9.78. The third-order valence-corrected chi connectivity index (χ3v) is 5.90. The maximum Gasteiger partial charge on any atom is 0.410 e. The Labute approximate surface area is 160 Å². The number of nitrogens with zero attached hydrogens (tertiary/aromatic N) is 2. The summed E-state index contributed by atoms with van der Waals surface area (Å²) < 4.78 is 5.61. The van der Waals surface area contributed by atoms with Gasteiger partial charge < -0.3 is 14.7 Å². The van der Waals surface area contributed by atoms with Gasteiger partial charge in [-0.05, 0) is 57.7 Å². The first-order chi connectivity index (χ1) is 12.7. The third-order valence-electron chi connectivity index (χ3n) is 5.90. The second kappa shape index (κ2) is 6.20. The van der Waals surface area contributed by atoms with Gasteiger partial charge in [0.15, 0.2) is 0 Å². The Hall–Kier alpha value is -2.14. The van der Waals surface area contributed by atoms with Crippen molar-refractivity contribution in [1.29, 1.82) is 0 Å². The van der Waals surface area contributed by atoms with Gasteiger partial charge in [-0.2, -0.15) is 0 Å². The maximum atomic E-state index is 12.7. The highest BCUT2D eigenvalue weighted by Gasteiger charge is 2.51. The first-order valence-electron chi connectivity index (χ1n) is 9.76. The molecular formula is C22H28N2O3. The average Bonchev–Trinajstić information content (AvgIpc) is 2.86. The van der Waals surface area contributed by atoms with Crippen LogP contribution >= 0.6 is 0 Å². The van der Waals surface area contributed by atoms with Crippen LogP contribution in [-0.2, 0) is 10.3 Å². The summed E-state index contributed by atoms with van der Waals surface area (Å²) in [5.41, 5.74) is 1.46. The number of piperidine rings is 1. The first kappa shape index (κ1) is 18.2. The fraction of sp³-hybridized carbons (Fsp3) is 0.545. The molecule has 1 aromatic heterocycles. The normalized spacial score (nSPS) is 27.8. The van der Waals surface area contributed by atoms with E-state index < -0.39 is 11.2 Å². The monoisotopic (exact) mass is 368 g/mol. The van der Waals surface area contributed by atoms with E-state index in [4.69, 9.17) is 4.74 Å². The van der Waals surface area contributed by atoms with Crippen LogP contribution in [0.3, 0.4) is 0 Å². The molecule has 144 valence electrons. The molecule has 2 atom stereocenters. The van der Waals surface area contributed by atoms with Crippen LogP contribution in [-0.4, -0.2) is 38.8 Å². The fourth-order valence-electron chi connectivity index (χ4n) is 4.85. The van der Waals surface area contributed by atoms with E-state index in [1.165, 1.54) is 0 Å². The molecule has 2 aliphatic rings. The molecule has 2 aromatic rings. The summed E-state index contributed by atoms with van der Waals surface area (Å²) in [5, 5.41) is 12.7. The zero-order valence-electron chi connectivity index (χ0n) is 16.5. The molecule has 2 fully saturated rings. The lowest BCUT2D eigenvalue weighted by Crippen LogP contribution is -2.53. The SMILES string of the molecule is Cc1c(C2(O)CC3CCC(C2)N3C(=O)OC(C)(C)C)ccc2cccnc12. The minimum atomic E-state index is -0.930. The van der Waals surface area contributed by atoms with Crippen LogP contribution in [0, 0.1) is 6.92 Å². The van der Waals surface area contributed by atoms with Crippen LogP contribution in [0.25, 0.3) is 10.9 Å². The Morgan fingerprint density at radius 2 is 1.89 bits per heavy atom. The van der Waals surface area contributed by atoms with Crippen LogP contribution in [0.15, 0.2) is 30.5 Å². The van der Waals surface area contributed by atoms with Gasteiger partial charge >= 0.3 is 6.09 Å². The number of pyridine rings is 1. The number of amides is 1. The Bertz CT molecular complexity index is 873. The summed E-state index contributed by atoms with van der Waals surface area (Å²) in [7, 11) is 0. The van der Waals surface area contributed by atoms with Gasteiger partial charge in [-0.15, -0.1) is 0 Å². The van der Waals surface area contributed by atoms with Crippen molar-refractivity contribution < 1.29 is 14.6 Å². The Balaban J connectivity index is 1.64. The van der Waals surface area contributed by atoms with Gasteiger partial charge in [0.05, 0.1) is 11.1 Å². The standard InChI is InChI=1S/C22H28N2O3/c1-14-18(10-7-15-6-5-11-23-19(14)15)22(26)12-16-8-9-17(13-22)24(16)20(25)27-21(2,3)4/h5-7,10-11,16-17,26H,8-9,12-13H2,1-4H3. The topological polar surface area (TPSA) is 62.7 Å². The van der Waals surface area contributed by atoms with Crippen molar-refractivity contribution in [3.05, 3.63) is 41.6 Å². The minimum absolute atomic E-state index is 0.0161. The number of hydrogen-bond donors (Lipinski definition) is 1. The van der Waals surface area contributed by atoms with Crippen LogP contribution in [0.2, 0.25) is 0 Å². The molecule has 0 aliphatic carbocycles. The zero-order chi connectivity index (χ0) is 19.4. The number of carbonyl (C=O) groups is 1. The van der Waals surface area contributed by atoms with Crippen molar-refractivity contribution in [2.75, 3.05) is 0 Å². The summed E-state index contributed by atoms with van der Waals surface area (Å²) in [6.45, 7) is 7.69. The van der Waals surface area contributed by atoms with E-state index >= 15 is 0 Å². The van der Waals surface area contributed by atoms with E-state index in [-0.39, 0.29) is 18.2 Å². The molecule has 2 aliphatic heterocycles. The number of carbonyl (C=O) groups excluding carboxylic acids is 1. The van der Waals surface area contributed by atoms with Gasteiger partial charge in [-0.25, -0.2) is 4.79 Å². The number of aliphatic hydroxyl groups is 1. The summed E-state index contributed by atoms with van der Waals surface area (Å²) in [4.78, 5) is 19.1. The van der Waals surface area contributed by atoms with Crippen molar-refractivity contribution in [2.45, 2.75) is 76.7 Å². The van der Waals surface area contributed by atoms with Crippen LogP contribution in [0.1, 0.15) is 57.6 Å². The van der Waals surface area contributed by atoms with Gasteiger partial charge in [0.1, 0.15) is 5.60 Å². The lowest BCUT2D eigenvalue weighted by Gasteiger charge is -2.44. The van der Waals surface area contributed by atoms with Crippen molar-refractivity contribution in [3.63, 3.8) is 0 Å². The van der Waals surface area contributed by atoms with Gasteiger partial charge in [0.2, 0.25) is 0 Å². The molecule has 27 heavy (non-hydrogen) atoms. The smallest absolute Gasteiger partial charge is 0.410 e. The predicted octanol–water partition coefficient (Wildman–Crippen LogP) is 4.29. The van der Waals surface area contributed by atoms with E-state index in [2.05, 4.69) is 4.98 Å². The molecule has 4 rings (SSSR count). The molecule has 1 N–H and O–H groups in total. The molecule has 2 saturated heterocycles. The highest BCUT2D eigenvalue weighted by Crippen LogP contribution is 2.47. The summed E-state index contributed by atoms with van der Waals surface area (Å²) >= 11 is 0. The lowest BCUT2D eigenvalue weighted by molar-refractivity contribution is -0.0626. The predicted molar refractivity (Wildman–Crippen MR) is 104 cm³/mol. The summed E-state index contributed by atoms with van der Waals surface area (Å²) in [6.07, 6.45) is 4.45. The number of ether oxygens (including phenoxy) is 1.